The highest BCUT2D eigenvalue weighted by molar-refractivity contribution is 5.29. The van der Waals surface area contributed by atoms with Gasteiger partial charge in [0.25, 0.3) is 5.82 Å². The van der Waals surface area contributed by atoms with Gasteiger partial charge in [-0.3, -0.25) is 4.90 Å². The largest absolute Gasteiger partial charge is 0.711 e. The van der Waals surface area contributed by atoms with Crippen molar-refractivity contribution in [3.63, 3.8) is 0 Å². The molecule has 0 aliphatic carbocycles. The van der Waals surface area contributed by atoms with Gasteiger partial charge in [-0.05, 0) is 6.07 Å². The van der Waals surface area contributed by atoms with Crippen molar-refractivity contribution < 1.29 is 4.73 Å². The van der Waals surface area contributed by atoms with Gasteiger partial charge in [0.2, 0.25) is 0 Å². The molecule has 0 aliphatic rings. The van der Waals surface area contributed by atoms with Crippen LogP contribution >= 0.6 is 0 Å². The van der Waals surface area contributed by atoms with Crippen LogP contribution in [0.25, 0.3) is 0 Å². The maximum absolute atomic E-state index is 10.9. The molecule has 0 spiro atoms. The van der Waals surface area contributed by atoms with Crippen molar-refractivity contribution in [2.75, 3.05) is 19.0 Å². The normalized spacial score (nSPS) is 9.40. The molecule has 0 amide bonds. The van der Waals surface area contributed by atoms with Crippen molar-refractivity contribution in [3.05, 3.63) is 29.6 Å². The quantitative estimate of drug-likeness (QED) is 0.408. The maximum atomic E-state index is 10.9. The fourth-order valence-electron chi connectivity index (χ4n) is 0.719. The predicted molar refractivity (Wildman–Crippen MR) is 38.6 cm³/mol. The van der Waals surface area contributed by atoms with Crippen LogP contribution in [0.3, 0.4) is 0 Å². The molecule has 1 radical (unpaired) electrons. The molecule has 0 saturated heterocycles. The topological polar surface area (TPSA) is 30.2 Å². The monoisotopic (exact) mass is 137 g/mol. The van der Waals surface area contributed by atoms with E-state index in [2.05, 4.69) is 6.07 Å². The zero-order chi connectivity index (χ0) is 7.56. The zero-order valence-electron chi connectivity index (χ0n) is 6.03. The van der Waals surface area contributed by atoms with E-state index < -0.39 is 0 Å². The van der Waals surface area contributed by atoms with E-state index in [-0.39, 0.29) is 0 Å². The molecular weight excluding hydrogens is 128 g/mol. The lowest BCUT2D eigenvalue weighted by atomic mass is 10.4. The van der Waals surface area contributed by atoms with Crippen LogP contribution in [0.2, 0.25) is 0 Å². The Bertz CT molecular complexity index is 223. The van der Waals surface area contributed by atoms with E-state index in [1.807, 2.05) is 14.1 Å². The molecule has 1 aromatic heterocycles. The predicted octanol–water partition coefficient (Wildman–Crippen LogP) is 0.186. The number of anilines is 1. The Labute approximate surface area is 60.1 Å². The van der Waals surface area contributed by atoms with Crippen LogP contribution in [-0.2, 0) is 0 Å². The van der Waals surface area contributed by atoms with Crippen molar-refractivity contribution in [1.29, 1.82) is 0 Å². The van der Waals surface area contributed by atoms with E-state index in [9.17, 15) is 5.21 Å². The summed E-state index contributed by atoms with van der Waals surface area (Å²) in [6, 6.07) is 6.11. The summed E-state index contributed by atoms with van der Waals surface area (Å²) in [5.74, 6) is 0.624. The zero-order valence-corrected chi connectivity index (χ0v) is 6.03. The van der Waals surface area contributed by atoms with Gasteiger partial charge in [-0.25, -0.2) is 4.73 Å². The minimum absolute atomic E-state index is 0.624. The molecule has 0 atom stereocenters. The SMILES string of the molecule is CN(C)c1cc[c]c[n+]1[O-]. The second-order valence-electron chi connectivity index (χ2n) is 2.21. The molecule has 3 nitrogen and oxygen atoms in total. The van der Waals surface area contributed by atoms with Crippen LogP contribution in [0.4, 0.5) is 5.82 Å². The first-order chi connectivity index (χ1) is 4.72. The summed E-state index contributed by atoms with van der Waals surface area (Å²) in [6.45, 7) is 0. The first-order valence-corrected chi connectivity index (χ1v) is 2.98. The molecular formula is C7H9N2O. The van der Waals surface area contributed by atoms with Crippen molar-refractivity contribution in [2.24, 2.45) is 0 Å². The average molecular weight is 137 g/mol. The lowest BCUT2D eigenvalue weighted by molar-refractivity contribution is -0.592. The van der Waals surface area contributed by atoms with Crippen molar-refractivity contribution >= 4 is 5.82 Å². The highest BCUT2D eigenvalue weighted by Gasteiger charge is 2.02. The van der Waals surface area contributed by atoms with E-state index in [1.165, 1.54) is 6.20 Å². The lowest BCUT2D eigenvalue weighted by Crippen LogP contribution is -2.33. The molecule has 53 valence electrons. The Kier molecular flexibility index (Phi) is 1.76. The molecule has 10 heavy (non-hydrogen) atoms. The first-order valence-electron chi connectivity index (χ1n) is 2.98. The first kappa shape index (κ1) is 6.86. The van der Waals surface area contributed by atoms with Gasteiger partial charge in [0.1, 0.15) is 6.20 Å². The van der Waals surface area contributed by atoms with Gasteiger partial charge in [0.05, 0.1) is 14.1 Å². The van der Waals surface area contributed by atoms with Crippen LogP contribution in [0, 0.1) is 11.3 Å². The molecule has 3 heteroatoms. The third kappa shape index (κ3) is 1.18. The van der Waals surface area contributed by atoms with E-state index >= 15 is 0 Å². The van der Waals surface area contributed by atoms with Gasteiger partial charge in [0, 0.05) is 12.1 Å². The summed E-state index contributed by atoms with van der Waals surface area (Å²) in [7, 11) is 3.65. The van der Waals surface area contributed by atoms with Crippen molar-refractivity contribution in [1.82, 2.24) is 0 Å². The Balaban J connectivity index is 3.03. The second kappa shape index (κ2) is 2.56. The number of hydrogen-bond donors (Lipinski definition) is 0. The summed E-state index contributed by atoms with van der Waals surface area (Å²) in [4.78, 5) is 1.75. The molecule has 0 aliphatic heterocycles. The second-order valence-corrected chi connectivity index (χ2v) is 2.21. The summed E-state index contributed by atoms with van der Waals surface area (Å²) in [5, 5.41) is 10.9. The number of hydrogen-bond acceptors (Lipinski definition) is 2. The van der Waals surface area contributed by atoms with Crippen LogP contribution in [0.1, 0.15) is 0 Å². The van der Waals surface area contributed by atoms with Crippen molar-refractivity contribution in [3.8, 4) is 0 Å². The summed E-state index contributed by atoms with van der Waals surface area (Å²) >= 11 is 0. The number of aromatic nitrogens is 1. The van der Waals surface area contributed by atoms with E-state index in [4.69, 9.17) is 0 Å². The van der Waals surface area contributed by atoms with Crippen LogP contribution in [-0.4, -0.2) is 14.1 Å². The fraction of sp³-hybridized carbons (Fsp3) is 0.286. The molecule has 0 bridgehead atoms. The minimum atomic E-state index is 0.624. The molecule has 0 aromatic carbocycles. The number of nitrogens with zero attached hydrogens (tertiary/aromatic N) is 2. The Morgan fingerprint density at radius 2 is 2.30 bits per heavy atom. The van der Waals surface area contributed by atoms with Crippen molar-refractivity contribution in [2.45, 2.75) is 0 Å². The third-order valence-corrected chi connectivity index (χ3v) is 1.20. The summed E-state index contributed by atoms with van der Waals surface area (Å²) in [6.07, 6.45) is 1.36. The molecule has 0 fully saturated rings. The van der Waals surface area contributed by atoms with Crippen LogP contribution in [0.15, 0.2) is 18.3 Å². The van der Waals surface area contributed by atoms with Crippen LogP contribution in [0.5, 0.6) is 0 Å². The maximum Gasteiger partial charge on any atom is 0.279 e. The molecule has 1 rings (SSSR count). The standard InChI is InChI=1S/C7H9N2O/c1-8(2)7-5-3-4-6-9(7)10/h3,5-6H,1-2H3. The highest BCUT2D eigenvalue weighted by atomic mass is 16.5. The van der Waals surface area contributed by atoms with Gasteiger partial charge in [-0.2, -0.15) is 0 Å². The summed E-state index contributed by atoms with van der Waals surface area (Å²) < 4.78 is 0.778. The summed E-state index contributed by atoms with van der Waals surface area (Å²) in [5.41, 5.74) is 0. The number of rotatable bonds is 1. The van der Waals surface area contributed by atoms with Gasteiger partial charge in [0.15, 0.2) is 0 Å². The van der Waals surface area contributed by atoms with E-state index in [0.717, 1.165) is 4.73 Å². The lowest BCUT2D eigenvalue weighted by Gasteiger charge is -2.10. The van der Waals surface area contributed by atoms with Crippen LogP contribution < -0.4 is 9.63 Å². The number of pyridine rings is 1. The van der Waals surface area contributed by atoms with Gasteiger partial charge in [-0.1, -0.05) is 0 Å². The molecule has 1 aromatic rings. The fourth-order valence-corrected chi connectivity index (χ4v) is 0.719. The van der Waals surface area contributed by atoms with Gasteiger partial charge < -0.3 is 5.21 Å². The Morgan fingerprint density at radius 3 is 2.70 bits per heavy atom. The molecule has 0 saturated carbocycles. The van der Waals surface area contributed by atoms with Gasteiger partial charge in [-0.15, -0.1) is 0 Å². The smallest absolute Gasteiger partial charge is 0.279 e. The van der Waals surface area contributed by atoms with E-state index in [0.29, 0.717) is 5.82 Å². The molecule has 1 heterocycles. The average Bonchev–Trinajstić information content (AvgIpc) is 1.88. The van der Waals surface area contributed by atoms with E-state index in [1.54, 1.807) is 17.0 Å². The van der Waals surface area contributed by atoms with Gasteiger partial charge >= 0.3 is 0 Å². The Morgan fingerprint density at radius 1 is 1.60 bits per heavy atom. The third-order valence-electron chi connectivity index (χ3n) is 1.20. The molecule has 0 N–H and O–H groups in total. The Hall–Kier alpha value is -1.25. The minimum Gasteiger partial charge on any atom is -0.711 e. The highest BCUT2D eigenvalue weighted by Crippen LogP contribution is 1.99. The molecule has 0 unspecified atom stereocenters.